The third-order valence-electron chi connectivity index (χ3n) is 3.11. The molecule has 0 atom stereocenters. The number of anilines is 2. The van der Waals surface area contributed by atoms with Gasteiger partial charge in [-0.3, -0.25) is 10.1 Å². The number of nitrogens with zero attached hydrogens (tertiary/aromatic N) is 3. The fraction of sp³-hybridized carbons (Fsp3) is 0. The largest absolute Gasteiger partial charge is 0.434 e. The molecule has 9 heteroatoms. The van der Waals surface area contributed by atoms with Gasteiger partial charge in [0.2, 0.25) is 5.82 Å². The molecule has 0 unspecified atom stereocenters. The van der Waals surface area contributed by atoms with E-state index in [1.807, 2.05) is 0 Å². The molecule has 0 amide bonds. The number of hydrogen-bond donors (Lipinski definition) is 1. The van der Waals surface area contributed by atoms with E-state index in [-0.39, 0.29) is 17.4 Å². The Morgan fingerprint density at radius 1 is 1.08 bits per heavy atom. The van der Waals surface area contributed by atoms with E-state index >= 15 is 0 Å². The zero-order valence-electron chi connectivity index (χ0n) is 12.5. The zero-order chi connectivity index (χ0) is 17.8. The molecule has 7 nitrogen and oxygen atoms in total. The number of nitro groups is 1. The Balaban J connectivity index is 1.99. The van der Waals surface area contributed by atoms with Gasteiger partial charge in [0.25, 0.3) is 0 Å². The highest BCUT2D eigenvalue weighted by Crippen LogP contribution is 2.35. The highest BCUT2D eigenvalue weighted by atomic mass is 19.1. The lowest BCUT2D eigenvalue weighted by atomic mass is 10.3. The van der Waals surface area contributed by atoms with E-state index in [0.29, 0.717) is 11.8 Å². The van der Waals surface area contributed by atoms with Crippen molar-refractivity contribution < 1.29 is 18.4 Å². The molecule has 1 heterocycles. The van der Waals surface area contributed by atoms with Crippen LogP contribution in [0.3, 0.4) is 0 Å². The maximum absolute atomic E-state index is 13.8. The number of ether oxygens (including phenoxy) is 1. The Hall–Kier alpha value is -3.62. The van der Waals surface area contributed by atoms with E-state index in [9.17, 15) is 18.9 Å². The first-order chi connectivity index (χ1) is 12.0. The zero-order valence-corrected chi connectivity index (χ0v) is 12.5. The van der Waals surface area contributed by atoms with Crippen LogP contribution in [0.25, 0.3) is 0 Å². The van der Waals surface area contributed by atoms with Crippen molar-refractivity contribution in [1.29, 1.82) is 0 Å². The van der Waals surface area contributed by atoms with Gasteiger partial charge in [-0.05, 0) is 24.3 Å². The fourth-order valence-electron chi connectivity index (χ4n) is 2.01. The predicted octanol–water partition coefficient (Wildman–Crippen LogP) is 4.20. The molecule has 0 spiro atoms. The minimum Gasteiger partial charge on any atom is -0.434 e. The van der Waals surface area contributed by atoms with Crippen molar-refractivity contribution in [3.8, 4) is 11.6 Å². The molecule has 126 valence electrons. The van der Waals surface area contributed by atoms with Crippen molar-refractivity contribution in [2.24, 2.45) is 0 Å². The Morgan fingerprint density at radius 3 is 2.52 bits per heavy atom. The Bertz CT molecular complexity index is 923. The van der Waals surface area contributed by atoms with Crippen molar-refractivity contribution >= 4 is 17.2 Å². The van der Waals surface area contributed by atoms with Crippen molar-refractivity contribution in [2.75, 3.05) is 5.32 Å². The molecule has 0 saturated carbocycles. The van der Waals surface area contributed by atoms with Crippen LogP contribution in [0.4, 0.5) is 26.0 Å². The lowest BCUT2D eigenvalue weighted by Crippen LogP contribution is -2.04. The summed E-state index contributed by atoms with van der Waals surface area (Å²) >= 11 is 0. The summed E-state index contributed by atoms with van der Waals surface area (Å²) in [6, 6.07) is 11.1. The summed E-state index contributed by atoms with van der Waals surface area (Å²) in [5.41, 5.74) is -0.746. The third-order valence-corrected chi connectivity index (χ3v) is 3.11. The number of halogens is 2. The second kappa shape index (κ2) is 6.87. The first-order valence-electron chi connectivity index (χ1n) is 6.99. The van der Waals surface area contributed by atoms with E-state index in [2.05, 4.69) is 15.3 Å². The van der Waals surface area contributed by atoms with E-state index in [1.165, 1.54) is 0 Å². The van der Waals surface area contributed by atoms with E-state index in [0.717, 1.165) is 18.5 Å². The third kappa shape index (κ3) is 3.66. The van der Waals surface area contributed by atoms with Crippen LogP contribution in [0, 0.1) is 21.7 Å². The van der Waals surface area contributed by atoms with Crippen LogP contribution in [0.5, 0.6) is 11.6 Å². The van der Waals surface area contributed by atoms with Crippen LogP contribution >= 0.6 is 0 Å². The summed E-state index contributed by atoms with van der Waals surface area (Å²) in [7, 11) is 0. The van der Waals surface area contributed by atoms with Gasteiger partial charge in [-0.25, -0.2) is 13.8 Å². The molecule has 3 aromatic rings. The minimum atomic E-state index is -0.918. The lowest BCUT2D eigenvalue weighted by molar-refractivity contribution is -0.385. The molecule has 0 radical (unpaired) electrons. The van der Waals surface area contributed by atoms with Crippen LogP contribution in [0.15, 0.2) is 54.9 Å². The first-order valence-corrected chi connectivity index (χ1v) is 6.99. The summed E-state index contributed by atoms with van der Waals surface area (Å²) in [4.78, 5) is 18.2. The van der Waals surface area contributed by atoms with Crippen LogP contribution in [-0.4, -0.2) is 14.9 Å². The van der Waals surface area contributed by atoms with Crippen molar-refractivity contribution in [2.45, 2.75) is 0 Å². The van der Waals surface area contributed by atoms with Gasteiger partial charge >= 0.3 is 11.6 Å². The number of nitrogens with one attached hydrogen (secondary N) is 1. The molecule has 2 aromatic carbocycles. The Kier molecular flexibility index (Phi) is 4.46. The molecule has 0 saturated heterocycles. The van der Waals surface area contributed by atoms with Gasteiger partial charge in [-0.2, -0.15) is 4.98 Å². The minimum absolute atomic E-state index is 0.172. The summed E-state index contributed by atoms with van der Waals surface area (Å²) in [6.45, 7) is 0. The average Bonchev–Trinajstić information content (AvgIpc) is 2.58. The lowest BCUT2D eigenvalue weighted by Gasteiger charge is -2.10. The molecular formula is C16H10F2N4O3. The average molecular weight is 344 g/mol. The van der Waals surface area contributed by atoms with Gasteiger partial charge < -0.3 is 10.1 Å². The number of benzene rings is 2. The van der Waals surface area contributed by atoms with Gasteiger partial charge in [0, 0.05) is 6.07 Å². The van der Waals surface area contributed by atoms with Gasteiger partial charge in [0.1, 0.15) is 23.7 Å². The van der Waals surface area contributed by atoms with Crippen LogP contribution in [0.2, 0.25) is 0 Å². The molecule has 0 aliphatic rings. The second-order valence-corrected chi connectivity index (χ2v) is 4.80. The van der Waals surface area contributed by atoms with Gasteiger partial charge in [-0.1, -0.05) is 18.2 Å². The Morgan fingerprint density at radius 2 is 1.84 bits per heavy atom. The highest BCUT2D eigenvalue weighted by molar-refractivity contribution is 5.69. The quantitative estimate of drug-likeness (QED) is 0.551. The summed E-state index contributed by atoms with van der Waals surface area (Å²) < 4.78 is 32.2. The smallest absolute Gasteiger partial charge is 0.373 e. The van der Waals surface area contributed by atoms with Gasteiger partial charge in [0.05, 0.1) is 10.6 Å². The molecule has 1 aromatic heterocycles. The number of aromatic nitrogens is 2. The van der Waals surface area contributed by atoms with Crippen LogP contribution in [0.1, 0.15) is 0 Å². The summed E-state index contributed by atoms with van der Waals surface area (Å²) in [6.07, 6.45) is 1.04. The maximum atomic E-state index is 13.8. The summed E-state index contributed by atoms with van der Waals surface area (Å²) in [5, 5.41) is 13.9. The van der Waals surface area contributed by atoms with E-state index in [1.54, 1.807) is 30.3 Å². The predicted molar refractivity (Wildman–Crippen MR) is 84.8 cm³/mol. The SMILES string of the molecule is O=[N+]([O-])c1c(Nc2ccc(F)cc2F)ncnc1Oc1ccccc1. The van der Waals surface area contributed by atoms with Crippen molar-refractivity contribution in [3.05, 3.63) is 76.6 Å². The van der Waals surface area contributed by atoms with Gasteiger partial charge in [0.15, 0.2) is 0 Å². The van der Waals surface area contributed by atoms with Crippen LogP contribution < -0.4 is 10.1 Å². The number of rotatable bonds is 5. The molecule has 25 heavy (non-hydrogen) atoms. The fourth-order valence-corrected chi connectivity index (χ4v) is 2.01. The maximum Gasteiger partial charge on any atom is 0.373 e. The van der Waals surface area contributed by atoms with E-state index < -0.39 is 22.2 Å². The topological polar surface area (TPSA) is 90.2 Å². The number of para-hydroxylation sites is 1. The summed E-state index contributed by atoms with van der Waals surface area (Å²) in [5.74, 6) is -1.94. The van der Waals surface area contributed by atoms with Crippen molar-refractivity contribution in [3.63, 3.8) is 0 Å². The first kappa shape index (κ1) is 16.2. The highest BCUT2D eigenvalue weighted by Gasteiger charge is 2.25. The molecular weight excluding hydrogens is 334 g/mol. The van der Waals surface area contributed by atoms with E-state index in [4.69, 9.17) is 4.74 Å². The van der Waals surface area contributed by atoms with Gasteiger partial charge in [-0.15, -0.1) is 0 Å². The molecule has 1 N–H and O–H groups in total. The second-order valence-electron chi connectivity index (χ2n) is 4.80. The van der Waals surface area contributed by atoms with Crippen molar-refractivity contribution in [1.82, 2.24) is 9.97 Å². The molecule has 3 rings (SSSR count). The van der Waals surface area contributed by atoms with Crippen LogP contribution in [-0.2, 0) is 0 Å². The normalized spacial score (nSPS) is 10.3. The molecule has 0 bridgehead atoms. The number of hydrogen-bond acceptors (Lipinski definition) is 6. The molecule has 0 fully saturated rings. The monoisotopic (exact) mass is 344 g/mol. The standard InChI is InChI=1S/C16H10F2N4O3/c17-10-6-7-13(12(18)8-10)21-15-14(22(23)24)16(20-9-19-15)25-11-4-2-1-3-5-11/h1-9H,(H,19,20,21). The molecule has 0 aliphatic heterocycles. The molecule has 0 aliphatic carbocycles. The Labute approximate surface area is 140 Å².